The van der Waals surface area contributed by atoms with E-state index in [4.69, 9.17) is 21.4 Å². The third-order valence-corrected chi connectivity index (χ3v) is 2.57. The summed E-state index contributed by atoms with van der Waals surface area (Å²) < 4.78 is 5.45. The molecule has 0 aliphatic heterocycles. The maximum Gasteiger partial charge on any atom is 0.336 e. The first-order valence-electron chi connectivity index (χ1n) is 5.21. The molecule has 18 heavy (non-hydrogen) atoms. The fraction of sp³-hybridized carbons (Fsp3) is 0.0769. The second-order valence-corrected chi connectivity index (χ2v) is 4.02. The molecule has 0 aliphatic rings. The average molecular weight is 264 g/mol. The van der Waals surface area contributed by atoms with Gasteiger partial charge in [0.2, 0.25) is 0 Å². The lowest BCUT2D eigenvalue weighted by atomic mass is 10.1. The third-order valence-electron chi connectivity index (χ3n) is 2.33. The maximum atomic E-state index is 11.1. The van der Waals surface area contributed by atoms with Crippen molar-refractivity contribution in [2.24, 2.45) is 0 Å². The number of carboxylic acid groups (broad SMARTS) is 1. The lowest BCUT2D eigenvalue weighted by Crippen LogP contribution is -2.05. The van der Waals surface area contributed by atoms with Gasteiger partial charge in [-0.3, -0.25) is 4.98 Å². The second-order valence-electron chi connectivity index (χ2n) is 3.58. The Morgan fingerprint density at radius 2 is 2.22 bits per heavy atom. The Hall–Kier alpha value is -2.07. The predicted octanol–water partition coefficient (Wildman–Crippen LogP) is 3.01. The first-order chi connectivity index (χ1) is 8.66. The van der Waals surface area contributed by atoms with Crippen LogP contribution in [0.3, 0.4) is 0 Å². The van der Waals surface area contributed by atoms with Crippen molar-refractivity contribution in [3.63, 3.8) is 0 Å². The molecule has 0 unspecified atom stereocenters. The van der Waals surface area contributed by atoms with Crippen LogP contribution in [0.1, 0.15) is 15.9 Å². The Morgan fingerprint density at radius 3 is 2.89 bits per heavy atom. The van der Waals surface area contributed by atoms with Crippen LogP contribution in [-0.4, -0.2) is 16.1 Å². The molecule has 1 heterocycles. The molecule has 0 spiro atoms. The van der Waals surface area contributed by atoms with Crippen LogP contribution in [0.4, 0.5) is 0 Å². The number of nitrogens with zero attached hydrogens (tertiary/aromatic N) is 1. The Kier molecular flexibility index (Phi) is 3.79. The molecule has 4 nitrogen and oxygen atoms in total. The first-order valence-corrected chi connectivity index (χ1v) is 5.59. The van der Waals surface area contributed by atoms with Gasteiger partial charge in [-0.2, -0.15) is 0 Å². The van der Waals surface area contributed by atoms with Crippen molar-refractivity contribution in [2.75, 3.05) is 0 Å². The zero-order valence-corrected chi connectivity index (χ0v) is 10.1. The molecule has 0 aliphatic carbocycles. The van der Waals surface area contributed by atoms with E-state index in [-0.39, 0.29) is 12.2 Å². The summed E-state index contributed by atoms with van der Waals surface area (Å²) in [5.74, 6) is -0.439. The number of aromatic nitrogens is 1. The van der Waals surface area contributed by atoms with Crippen molar-refractivity contribution in [2.45, 2.75) is 6.61 Å². The smallest absolute Gasteiger partial charge is 0.336 e. The van der Waals surface area contributed by atoms with E-state index in [1.165, 1.54) is 6.07 Å². The Morgan fingerprint density at radius 1 is 1.39 bits per heavy atom. The van der Waals surface area contributed by atoms with Gasteiger partial charge in [-0.15, -0.1) is 0 Å². The van der Waals surface area contributed by atoms with Crippen molar-refractivity contribution < 1.29 is 14.6 Å². The summed E-state index contributed by atoms with van der Waals surface area (Å²) in [6.07, 6.45) is 3.20. The minimum Gasteiger partial charge on any atom is -0.487 e. The van der Waals surface area contributed by atoms with E-state index >= 15 is 0 Å². The standard InChI is InChI=1S/C13H10ClNO3/c14-10-4-3-9(12(6-10)13(16)17)8-18-11-2-1-5-15-7-11/h1-7H,8H2,(H,16,17). The number of carboxylic acids is 1. The molecule has 1 aromatic heterocycles. The second kappa shape index (κ2) is 5.51. The zero-order valence-electron chi connectivity index (χ0n) is 9.34. The van der Waals surface area contributed by atoms with Gasteiger partial charge in [0.25, 0.3) is 0 Å². The summed E-state index contributed by atoms with van der Waals surface area (Å²) in [4.78, 5) is 15.0. The van der Waals surface area contributed by atoms with E-state index in [1.54, 1.807) is 36.7 Å². The van der Waals surface area contributed by atoms with Crippen LogP contribution in [0.5, 0.6) is 5.75 Å². The molecule has 0 bridgehead atoms. The number of carbonyl (C=O) groups is 1. The van der Waals surface area contributed by atoms with Gasteiger partial charge in [-0.1, -0.05) is 17.7 Å². The molecule has 0 atom stereocenters. The van der Waals surface area contributed by atoms with Gasteiger partial charge in [0.1, 0.15) is 12.4 Å². The molecule has 0 saturated heterocycles. The van der Waals surface area contributed by atoms with Crippen LogP contribution in [0.15, 0.2) is 42.7 Å². The average Bonchev–Trinajstić information content (AvgIpc) is 2.38. The summed E-state index contributed by atoms with van der Waals surface area (Å²) in [6.45, 7) is 0.157. The summed E-state index contributed by atoms with van der Waals surface area (Å²) in [7, 11) is 0. The topological polar surface area (TPSA) is 59.4 Å². The normalized spacial score (nSPS) is 10.1. The highest BCUT2D eigenvalue weighted by atomic mass is 35.5. The molecule has 2 rings (SSSR count). The van der Waals surface area contributed by atoms with Crippen LogP contribution in [0.2, 0.25) is 5.02 Å². The molecule has 0 saturated carbocycles. The minimum atomic E-state index is -1.03. The van der Waals surface area contributed by atoms with Gasteiger partial charge < -0.3 is 9.84 Å². The van der Waals surface area contributed by atoms with Crippen molar-refractivity contribution in [1.29, 1.82) is 0 Å². The lowest BCUT2D eigenvalue weighted by molar-refractivity contribution is 0.0694. The van der Waals surface area contributed by atoms with E-state index in [9.17, 15) is 4.79 Å². The van der Waals surface area contributed by atoms with Crippen LogP contribution in [0, 0.1) is 0 Å². The van der Waals surface area contributed by atoms with Gasteiger partial charge in [0.05, 0.1) is 11.8 Å². The summed E-state index contributed by atoms with van der Waals surface area (Å²) in [6, 6.07) is 8.18. The van der Waals surface area contributed by atoms with Gasteiger partial charge in [-0.25, -0.2) is 4.79 Å². The molecule has 92 valence electrons. The van der Waals surface area contributed by atoms with Crippen molar-refractivity contribution >= 4 is 17.6 Å². The van der Waals surface area contributed by atoms with E-state index in [0.29, 0.717) is 16.3 Å². The van der Waals surface area contributed by atoms with Gasteiger partial charge in [0.15, 0.2) is 0 Å². The fourth-order valence-electron chi connectivity index (χ4n) is 1.47. The van der Waals surface area contributed by atoms with E-state index in [2.05, 4.69) is 4.98 Å². The minimum absolute atomic E-state index is 0.145. The number of benzene rings is 1. The van der Waals surface area contributed by atoms with E-state index in [1.807, 2.05) is 0 Å². The quantitative estimate of drug-likeness (QED) is 0.921. The first kappa shape index (κ1) is 12.4. The zero-order chi connectivity index (χ0) is 13.0. The Bertz CT molecular complexity index is 557. The molecule has 5 heteroatoms. The highest BCUT2D eigenvalue weighted by molar-refractivity contribution is 6.30. The third kappa shape index (κ3) is 2.99. The lowest BCUT2D eigenvalue weighted by Gasteiger charge is -2.08. The highest BCUT2D eigenvalue weighted by Crippen LogP contribution is 2.18. The monoisotopic (exact) mass is 263 g/mol. The molecule has 1 N–H and O–H groups in total. The molecule has 1 aromatic carbocycles. The Balaban J connectivity index is 2.17. The van der Waals surface area contributed by atoms with Crippen LogP contribution in [-0.2, 0) is 6.61 Å². The van der Waals surface area contributed by atoms with E-state index < -0.39 is 5.97 Å². The molecular formula is C13H10ClNO3. The number of aromatic carboxylic acids is 1. The largest absolute Gasteiger partial charge is 0.487 e. The van der Waals surface area contributed by atoms with E-state index in [0.717, 1.165) is 0 Å². The van der Waals surface area contributed by atoms with Gasteiger partial charge in [0, 0.05) is 16.8 Å². The number of hydrogen-bond donors (Lipinski definition) is 1. The number of hydrogen-bond acceptors (Lipinski definition) is 3. The molecular weight excluding hydrogens is 254 g/mol. The fourth-order valence-corrected chi connectivity index (χ4v) is 1.64. The molecule has 0 fully saturated rings. The van der Waals surface area contributed by atoms with Crippen molar-refractivity contribution in [3.05, 3.63) is 58.9 Å². The molecule has 0 amide bonds. The predicted molar refractivity (Wildman–Crippen MR) is 67.0 cm³/mol. The molecule has 2 aromatic rings. The summed E-state index contributed by atoms with van der Waals surface area (Å²) in [5, 5.41) is 9.45. The van der Waals surface area contributed by atoms with Gasteiger partial charge in [-0.05, 0) is 24.3 Å². The highest BCUT2D eigenvalue weighted by Gasteiger charge is 2.11. The van der Waals surface area contributed by atoms with Crippen molar-refractivity contribution in [3.8, 4) is 5.75 Å². The Labute approximate surface area is 109 Å². The maximum absolute atomic E-state index is 11.1. The van der Waals surface area contributed by atoms with Crippen LogP contribution >= 0.6 is 11.6 Å². The number of pyridine rings is 1. The number of ether oxygens (including phenoxy) is 1. The number of rotatable bonds is 4. The van der Waals surface area contributed by atoms with Gasteiger partial charge >= 0.3 is 5.97 Å². The summed E-state index contributed by atoms with van der Waals surface area (Å²) >= 11 is 5.76. The number of halogens is 1. The van der Waals surface area contributed by atoms with Crippen LogP contribution < -0.4 is 4.74 Å². The SMILES string of the molecule is O=C(O)c1cc(Cl)ccc1COc1cccnc1. The van der Waals surface area contributed by atoms with Crippen molar-refractivity contribution in [1.82, 2.24) is 4.98 Å². The molecule has 0 radical (unpaired) electrons. The van der Waals surface area contributed by atoms with Crippen LogP contribution in [0.25, 0.3) is 0 Å². The summed E-state index contributed by atoms with van der Waals surface area (Å²) in [5.41, 5.74) is 0.710.